The van der Waals surface area contributed by atoms with Crippen molar-refractivity contribution in [3.8, 4) is 0 Å². The van der Waals surface area contributed by atoms with Crippen molar-refractivity contribution in [3.63, 3.8) is 0 Å². The van der Waals surface area contributed by atoms with Crippen molar-refractivity contribution < 1.29 is 39.0 Å². The van der Waals surface area contributed by atoms with Crippen LogP contribution in [0.25, 0.3) is 0 Å². The third kappa shape index (κ3) is 60.0. The summed E-state index contributed by atoms with van der Waals surface area (Å²) in [5.74, 6) is 0.347. The fraction of sp³-hybridized carbons (Fsp3) is 0.923. The summed E-state index contributed by atoms with van der Waals surface area (Å²) in [5, 5.41) is 16.9. The van der Waals surface area contributed by atoms with Crippen molar-refractivity contribution in [2.45, 2.75) is 143 Å². The van der Waals surface area contributed by atoms with Gasteiger partial charge in [-0.1, -0.05) is 118 Å². The molecule has 0 radical (unpaired) electrons. The smallest absolute Gasteiger partial charge is 0.466 e. The lowest BCUT2D eigenvalue weighted by Gasteiger charge is -2.04. The minimum absolute atomic E-state index is 0.341. The molecule has 0 aliphatic rings. The maximum absolute atomic E-state index is 10.2. The van der Waals surface area contributed by atoms with Crippen molar-refractivity contribution >= 4 is 19.8 Å². The van der Waals surface area contributed by atoms with Gasteiger partial charge in [0.1, 0.15) is 0 Å². The molecular weight excluding hydrogens is 471 g/mol. The Labute approximate surface area is 214 Å². The molecule has 5 N–H and O–H groups in total. The Balaban J connectivity index is -0.000000491. The third-order valence-corrected chi connectivity index (χ3v) is 5.34. The second-order valence-electron chi connectivity index (χ2n) is 10.1. The molecule has 0 aliphatic heterocycles. The molecule has 0 fully saturated rings. The molecule has 212 valence electrons. The zero-order valence-corrected chi connectivity index (χ0v) is 23.7. The Morgan fingerprint density at radius 3 is 0.914 bits per heavy atom. The number of carboxylic acids is 2. The van der Waals surface area contributed by atoms with E-state index in [1.165, 1.54) is 77.0 Å². The van der Waals surface area contributed by atoms with Crippen LogP contribution in [0.1, 0.15) is 143 Å². The Hall–Kier alpha value is -0.950. The van der Waals surface area contributed by atoms with Crippen LogP contribution in [0.15, 0.2) is 0 Å². The standard InChI is InChI=1S/2C13H26O2.H3O4P/c2*1-12(2)10-8-6-4-3-5-7-9-11-13(14)15;1-5(2,3)4/h2*12H,3-11H2,1-2H3,(H,14,15);(H3,1,2,3,4). The molecule has 9 heteroatoms. The van der Waals surface area contributed by atoms with E-state index >= 15 is 0 Å². The summed E-state index contributed by atoms with van der Waals surface area (Å²) in [7, 11) is -4.64. The number of carbonyl (C=O) groups is 2. The van der Waals surface area contributed by atoms with Gasteiger partial charge in [0, 0.05) is 12.8 Å². The Morgan fingerprint density at radius 1 is 0.514 bits per heavy atom. The summed E-state index contributed by atoms with van der Waals surface area (Å²) in [6, 6.07) is 0. The van der Waals surface area contributed by atoms with E-state index in [1.54, 1.807) is 0 Å². The zero-order chi connectivity index (χ0) is 27.5. The largest absolute Gasteiger partial charge is 0.481 e. The van der Waals surface area contributed by atoms with Crippen LogP contribution in [0.5, 0.6) is 0 Å². The molecule has 8 nitrogen and oxygen atoms in total. The van der Waals surface area contributed by atoms with Gasteiger partial charge in [-0.2, -0.15) is 0 Å². The lowest BCUT2D eigenvalue weighted by Crippen LogP contribution is -1.93. The normalized spacial score (nSPS) is 11.0. The highest BCUT2D eigenvalue weighted by atomic mass is 31.2. The number of aliphatic carboxylic acids is 2. The van der Waals surface area contributed by atoms with Crippen molar-refractivity contribution in [3.05, 3.63) is 0 Å². The van der Waals surface area contributed by atoms with Crippen LogP contribution in [0.4, 0.5) is 0 Å². The Bertz CT molecular complexity index is 473. The van der Waals surface area contributed by atoms with Gasteiger partial charge >= 0.3 is 19.8 Å². The summed E-state index contributed by atoms with van der Waals surface area (Å²) < 4.78 is 8.88. The Morgan fingerprint density at radius 2 is 0.714 bits per heavy atom. The van der Waals surface area contributed by atoms with Crippen LogP contribution in [-0.2, 0) is 14.2 Å². The predicted octanol–water partition coefficient (Wildman–Crippen LogP) is 7.55. The third-order valence-electron chi connectivity index (χ3n) is 5.34. The number of hydrogen-bond acceptors (Lipinski definition) is 3. The summed E-state index contributed by atoms with van der Waals surface area (Å²) in [6.07, 6.45) is 20.2. The van der Waals surface area contributed by atoms with Gasteiger partial charge in [-0.15, -0.1) is 0 Å². The molecule has 0 bridgehead atoms. The second-order valence-corrected chi connectivity index (χ2v) is 11.1. The average molecular weight is 527 g/mol. The first-order valence-corrected chi connectivity index (χ1v) is 15.0. The maximum atomic E-state index is 10.2. The molecule has 0 saturated heterocycles. The monoisotopic (exact) mass is 526 g/mol. The van der Waals surface area contributed by atoms with Crippen LogP contribution in [0.2, 0.25) is 0 Å². The molecule has 0 rings (SSSR count). The number of hydrogen-bond donors (Lipinski definition) is 5. The molecule has 0 aromatic rings. The first-order chi connectivity index (χ1) is 16.3. The predicted molar refractivity (Wildman–Crippen MR) is 142 cm³/mol. The minimum atomic E-state index is -4.64. The van der Waals surface area contributed by atoms with Crippen molar-refractivity contribution in [2.24, 2.45) is 11.8 Å². The molecule has 0 aliphatic carbocycles. The number of rotatable bonds is 20. The number of unbranched alkanes of at least 4 members (excludes halogenated alkanes) is 12. The van der Waals surface area contributed by atoms with Gasteiger partial charge in [-0.05, 0) is 24.7 Å². The highest BCUT2D eigenvalue weighted by Gasteiger charge is 2.00. The van der Waals surface area contributed by atoms with Gasteiger partial charge < -0.3 is 24.9 Å². The molecule has 0 aromatic heterocycles. The SMILES string of the molecule is CC(C)CCCCCCCCCC(=O)O.CC(C)CCCCCCCCCC(=O)O.O=P(O)(O)O. The molecule has 35 heavy (non-hydrogen) atoms. The van der Waals surface area contributed by atoms with Crippen molar-refractivity contribution in [2.75, 3.05) is 0 Å². The van der Waals surface area contributed by atoms with Gasteiger partial charge in [0.15, 0.2) is 0 Å². The maximum Gasteiger partial charge on any atom is 0.466 e. The first kappa shape index (κ1) is 38.6. The quantitative estimate of drug-likeness (QED) is 0.0805. The molecule has 0 aromatic carbocycles. The van der Waals surface area contributed by atoms with E-state index < -0.39 is 19.8 Å². The van der Waals surface area contributed by atoms with Gasteiger partial charge in [0.2, 0.25) is 0 Å². The summed E-state index contributed by atoms with van der Waals surface area (Å²) in [6.45, 7) is 9.08. The van der Waals surface area contributed by atoms with Crippen LogP contribution in [-0.4, -0.2) is 36.8 Å². The van der Waals surface area contributed by atoms with Gasteiger partial charge in [0.25, 0.3) is 0 Å². The molecule has 0 spiro atoms. The summed E-state index contributed by atoms with van der Waals surface area (Å²) in [5.41, 5.74) is 0. The number of phosphoric acid groups is 1. The number of carboxylic acid groups (broad SMARTS) is 2. The van der Waals surface area contributed by atoms with Crippen LogP contribution < -0.4 is 0 Å². The van der Waals surface area contributed by atoms with Crippen molar-refractivity contribution in [1.82, 2.24) is 0 Å². The minimum Gasteiger partial charge on any atom is -0.481 e. The van der Waals surface area contributed by atoms with Crippen molar-refractivity contribution in [1.29, 1.82) is 0 Å². The van der Waals surface area contributed by atoms with Gasteiger partial charge in [-0.25, -0.2) is 4.57 Å². The first-order valence-electron chi connectivity index (χ1n) is 13.5. The zero-order valence-electron chi connectivity index (χ0n) is 22.8. The molecule has 0 unspecified atom stereocenters. The molecule has 0 heterocycles. The van der Waals surface area contributed by atoms with E-state index in [0.29, 0.717) is 12.8 Å². The van der Waals surface area contributed by atoms with Crippen LogP contribution in [0, 0.1) is 11.8 Å². The molecule has 0 atom stereocenters. The average Bonchev–Trinajstić information content (AvgIpc) is 2.69. The van der Waals surface area contributed by atoms with E-state index in [0.717, 1.165) is 37.5 Å². The Kier molecular flexibility index (Phi) is 30.5. The fourth-order valence-corrected chi connectivity index (χ4v) is 3.43. The highest BCUT2D eigenvalue weighted by molar-refractivity contribution is 7.45. The van der Waals surface area contributed by atoms with E-state index in [1.807, 2.05) is 0 Å². The van der Waals surface area contributed by atoms with Gasteiger partial charge in [0.05, 0.1) is 0 Å². The van der Waals surface area contributed by atoms with Gasteiger partial charge in [-0.3, -0.25) is 9.59 Å². The topological polar surface area (TPSA) is 152 Å². The van der Waals surface area contributed by atoms with E-state index in [9.17, 15) is 9.59 Å². The van der Waals surface area contributed by atoms with E-state index in [-0.39, 0.29) is 0 Å². The van der Waals surface area contributed by atoms with Crippen LogP contribution in [0.3, 0.4) is 0 Å². The van der Waals surface area contributed by atoms with E-state index in [4.69, 9.17) is 29.5 Å². The van der Waals surface area contributed by atoms with E-state index in [2.05, 4.69) is 27.7 Å². The van der Waals surface area contributed by atoms with Crippen LogP contribution >= 0.6 is 7.82 Å². The summed E-state index contributed by atoms with van der Waals surface area (Å²) in [4.78, 5) is 42.0. The molecular formula is C26H55O8P. The second kappa shape index (κ2) is 27.6. The highest BCUT2D eigenvalue weighted by Crippen LogP contribution is 2.25. The fourth-order valence-electron chi connectivity index (χ4n) is 3.43. The summed E-state index contributed by atoms with van der Waals surface area (Å²) >= 11 is 0. The lowest BCUT2D eigenvalue weighted by atomic mass is 10.0. The molecule has 0 amide bonds. The lowest BCUT2D eigenvalue weighted by molar-refractivity contribution is -0.138. The molecule has 0 saturated carbocycles.